The quantitative estimate of drug-likeness (QED) is 0.613. The molecule has 0 saturated carbocycles. The van der Waals surface area contributed by atoms with Crippen molar-refractivity contribution < 1.29 is 24.1 Å². The first-order chi connectivity index (χ1) is 9.63. The summed E-state index contributed by atoms with van der Waals surface area (Å²) in [6.45, 7) is 2.07. The Morgan fingerprint density at radius 2 is 2.10 bits per heavy atom. The van der Waals surface area contributed by atoms with Crippen LogP contribution in [0.5, 0.6) is 11.5 Å². The lowest BCUT2D eigenvalue weighted by molar-refractivity contribution is -0.137. The molecule has 1 aromatic carbocycles. The summed E-state index contributed by atoms with van der Waals surface area (Å²) >= 11 is 0. The zero-order valence-corrected chi connectivity index (χ0v) is 12.0. The molecule has 20 heavy (non-hydrogen) atoms. The molecule has 1 atom stereocenters. The van der Waals surface area contributed by atoms with Crippen LogP contribution in [0.15, 0.2) is 30.4 Å². The average Bonchev–Trinajstić information content (AvgIpc) is 2.46. The first-order valence-electron chi connectivity index (χ1n) is 6.36. The molecular weight excluding hydrogens is 260 g/mol. The Morgan fingerprint density at radius 1 is 1.35 bits per heavy atom. The van der Waals surface area contributed by atoms with Crippen LogP contribution in [0, 0.1) is 0 Å². The molecule has 1 N–H and O–H groups in total. The number of esters is 1. The lowest BCUT2D eigenvalue weighted by Gasteiger charge is -2.15. The van der Waals surface area contributed by atoms with Crippen LogP contribution in [0.2, 0.25) is 0 Å². The van der Waals surface area contributed by atoms with Gasteiger partial charge in [0.05, 0.1) is 26.9 Å². The smallest absolute Gasteiger partial charge is 0.330 e. The Morgan fingerprint density at radius 3 is 2.70 bits per heavy atom. The number of aliphatic hydroxyl groups excluding tert-OH is 1. The van der Waals surface area contributed by atoms with Crippen molar-refractivity contribution >= 4 is 5.97 Å². The Balaban J connectivity index is 2.77. The number of rotatable bonds is 7. The molecule has 1 aromatic rings. The Hall–Kier alpha value is -2.01. The molecule has 5 heteroatoms. The van der Waals surface area contributed by atoms with Gasteiger partial charge >= 0.3 is 5.97 Å². The van der Waals surface area contributed by atoms with Gasteiger partial charge in [-0.1, -0.05) is 18.2 Å². The summed E-state index contributed by atoms with van der Waals surface area (Å²) in [5.74, 6) is 0.628. The van der Waals surface area contributed by atoms with Crippen molar-refractivity contribution in [2.24, 2.45) is 0 Å². The van der Waals surface area contributed by atoms with Gasteiger partial charge in [-0.05, 0) is 19.4 Å². The highest BCUT2D eigenvalue weighted by molar-refractivity contribution is 5.81. The molecule has 0 aliphatic heterocycles. The predicted octanol–water partition coefficient (Wildman–Crippen LogP) is 2.25. The molecular formula is C15H20O5. The van der Waals surface area contributed by atoms with E-state index in [2.05, 4.69) is 0 Å². The summed E-state index contributed by atoms with van der Waals surface area (Å²) in [6.07, 6.45) is 2.37. The third-order valence-electron chi connectivity index (χ3n) is 2.69. The van der Waals surface area contributed by atoms with E-state index in [9.17, 15) is 9.90 Å². The second-order valence-electron chi connectivity index (χ2n) is 3.99. The van der Waals surface area contributed by atoms with Crippen molar-refractivity contribution in [3.8, 4) is 11.5 Å². The minimum Gasteiger partial charge on any atom is -0.493 e. The van der Waals surface area contributed by atoms with E-state index >= 15 is 0 Å². The number of hydrogen-bond acceptors (Lipinski definition) is 5. The van der Waals surface area contributed by atoms with E-state index < -0.39 is 12.1 Å². The molecule has 0 heterocycles. The third kappa shape index (κ3) is 4.28. The standard InChI is InChI=1S/C15H20O5/c1-4-20-14(17)10-6-8-12(16)11-7-5-9-13(18-2)15(11)19-3/h5-7,9-10,12,16H,4,8H2,1-3H3. The lowest BCUT2D eigenvalue weighted by atomic mass is 10.0. The zero-order chi connectivity index (χ0) is 15.0. The van der Waals surface area contributed by atoms with Gasteiger partial charge in [0.2, 0.25) is 0 Å². The molecule has 5 nitrogen and oxygen atoms in total. The number of carbonyl (C=O) groups is 1. The summed E-state index contributed by atoms with van der Waals surface area (Å²) < 4.78 is 15.2. The molecule has 0 radical (unpaired) electrons. The van der Waals surface area contributed by atoms with E-state index in [0.29, 0.717) is 23.7 Å². The second kappa shape index (κ2) is 8.22. The van der Waals surface area contributed by atoms with Gasteiger partial charge in [-0.25, -0.2) is 4.79 Å². The van der Waals surface area contributed by atoms with E-state index in [4.69, 9.17) is 14.2 Å². The van der Waals surface area contributed by atoms with Crippen LogP contribution in [0.4, 0.5) is 0 Å². The first-order valence-corrected chi connectivity index (χ1v) is 6.36. The number of methoxy groups -OCH3 is 2. The van der Waals surface area contributed by atoms with Crippen molar-refractivity contribution in [2.45, 2.75) is 19.4 Å². The molecule has 0 aromatic heterocycles. The van der Waals surface area contributed by atoms with Crippen molar-refractivity contribution in [1.82, 2.24) is 0 Å². The number of hydrogen-bond donors (Lipinski definition) is 1. The SMILES string of the molecule is CCOC(=O)C=CCC(O)c1cccc(OC)c1OC. The van der Waals surface area contributed by atoms with Gasteiger partial charge in [-0.15, -0.1) is 0 Å². The largest absolute Gasteiger partial charge is 0.493 e. The molecule has 0 spiro atoms. The van der Waals surface area contributed by atoms with Crippen LogP contribution in [0.3, 0.4) is 0 Å². The van der Waals surface area contributed by atoms with Gasteiger partial charge in [0.1, 0.15) is 0 Å². The maximum atomic E-state index is 11.1. The minimum atomic E-state index is -0.786. The van der Waals surface area contributed by atoms with Crippen LogP contribution in [0.25, 0.3) is 0 Å². The van der Waals surface area contributed by atoms with Crippen LogP contribution < -0.4 is 9.47 Å². The average molecular weight is 280 g/mol. The fourth-order valence-corrected chi connectivity index (χ4v) is 1.78. The Labute approximate surface area is 118 Å². The van der Waals surface area contributed by atoms with Crippen molar-refractivity contribution in [3.05, 3.63) is 35.9 Å². The van der Waals surface area contributed by atoms with Crippen LogP contribution in [-0.4, -0.2) is 31.9 Å². The summed E-state index contributed by atoms with van der Waals surface area (Å²) in [4.78, 5) is 11.1. The van der Waals surface area contributed by atoms with Crippen molar-refractivity contribution in [2.75, 3.05) is 20.8 Å². The number of benzene rings is 1. The summed E-state index contributed by atoms with van der Waals surface area (Å²) in [6, 6.07) is 5.28. The highest BCUT2D eigenvalue weighted by atomic mass is 16.5. The van der Waals surface area contributed by atoms with E-state index in [0.717, 1.165) is 0 Å². The van der Waals surface area contributed by atoms with E-state index in [1.807, 2.05) is 0 Å². The van der Waals surface area contributed by atoms with Gasteiger partial charge in [-0.2, -0.15) is 0 Å². The van der Waals surface area contributed by atoms with Gasteiger partial charge < -0.3 is 19.3 Å². The monoisotopic (exact) mass is 280 g/mol. The highest BCUT2D eigenvalue weighted by Crippen LogP contribution is 2.35. The molecule has 0 bridgehead atoms. The molecule has 0 aliphatic rings. The number of aliphatic hydroxyl groups is 1. The van der Waals surface area contributed by atoms with Gasteiger partial charge in [0, 0.05) is 11.6 Å². The Bertz CT molecular complexity index is 467. The normalized spacial score (nSPS) is 12.2. The van der Waals surface area contributed by atoms with Crippen LogP contribution >= 0.6 is 0 Å². The lowest BCUT2D eigenvalue weighted by Crippen LogP contribution is -2.02. The summed E-state index contributed by atoms with van der Waals surface area (Å²) in [5.41, 5.74) is 0.611. The fourth-order valence-electron chi connectivity index (χ4n) is 1.78. The second-order valence-corrected chi connectivity index (χ2v) is 3.99. The number of carbonyl (C=O) groups excluding carboxylic acids is 1. The molecule has 110 valence electrons. The maximum absolute atomic E-state index is 11.1. The molecule has 0 aliphatic carbocycles. The summed E-state index contributed by atoms with van der Waals surface area (Å²) in [7, 11) is 3.05. The van der Waals surface area contributed by atoms with Gasteiger partial charge in [-0.3, -0.25) is 0 Å². The topological polar surface area (TPSA) is 65.0 Å². The minimum absolute atomic E-state index is 0.280. The molecule has 1 unspecified atom stereocenters. The van der Waals surface area contributed by atoms with Gasteiger partial charge in [0.15, 0.2) is 11.5 Å². The van der Waals surface area contributed by atoms with E-state index in [1.165, 1.54) is 20.3 Å². The van der Waals surface area contributed by atoms with E-state index in [-0.39, 0.29) is 6.42 Å². The fraction of sp³-hybridized carbons (Fsp3) is 0.400. The van der Waals surface area contributed by atoms with Crippen LogP contribution in [0.1, 0.15) is 25.0 Å². The first kappa shape index (κ1) is 16.0. The molecule has 0 saturated heterocycles. The predicted molar refractivity (Wildman–Crippen MR) is 74.9 cm³/mol. The highest BCUT2D eigenvalue weighted by Gasteiger charge is 2.15. The number of ether oxygens (including phenoxy) is 3. The van der Waals surface area contributed by atoms with Crippen molar-refractivity contribution in [3.63, 3.8) is 0 Å². The van der Waals surface area contributed by atoms with Gasteiger partial charge in [0.25, 0.3) is 0 Å². The number of para-hydroxylation sites is 1. The Kier molecular flexibility index (Phi) is 6.59. The summed E-state index contributed by atoms with van der Waals surface area (Å²) in [5, 5.41) is 10.2. The van der Waals surface area contributed by atoms with Crippen molar-refractivity contribution in [1.29, 1.82) is 0 Å². The molecule has 0 fully saturated rings. The van der Waals surface area contributed by atoms with Crippen LogP contribution in [-0.2, 0) is 9.53 Å². The zero-order valence-electron chi connectivity index (χ0n) is 12.0. The maximum Gasteiger partial charge on any atom is 0.330 e. The molecule has 1 rings (SSSR count). The molecule has 0 amide bonds. The third-order valence-corrected chi connectivity index (χ3v) is 2.69. The van der Waals surface area contributed by atoms with E-state index in [1.54, 1.807) is 31.2 Å².